The van der Waals surface area contributed by atoms with Gasteiger partial charge in [-0.3, -0.25) is 14.1 Å². The van der Waals surface area contributed by atoms with Gasteiger partial charge in [0.2, 0.25) is 0 Å². The monoisotopic (exact) mass is 356 g/mol. The van der Waals surface area contributed by atoms with Gasteiger partial charge in [-0.2, -0.15) is 0 Å². The molecule has 2 aromatic heterocycles. The van der Waals surface area contributed by atoms with Gasteiger partial charge >= 0.3 is 0 Å². The SMILES string of the molecule is NCCN(CCc1ccccc1)Cc1cc(=O)n2cc(Cl)ccc2n1. The molecule has 0 fully saturated rings. The molecule has 0 saturated heterocycles. The molecule has 130 valence electrons. The zero-order valence-electron chi connectivity index (χ0n) is 13.9. The Morgan fingerprint density at radius 1 is 1.12 bits per heavy atom. The van der Waals surface area contributed by atoms with Gasteiger partial charge in [0, 0.05) is 38.4 Å². The van der Waals surface area contributed by atoms with E-state index in [4.69, 9.17) is 17.3 Å². The highest BCUT2D eigenvalue weighted by Gasteiger charge is 2.09. The van der Waals surface area contributed by atoms with Gasteiger partial charge in [-0.15, -0.1) is 0 Å². The number of benzene rings is 1. The van der Waals surface area contributed by atoms with Crippen LogP contribution < -0.4 is 11.3 Å². The normalized spacial score (nSPS) is 11.3. The standard InChI is InChI=1S/C19H21ClN4O/c20-16-6-7-18-22-17(12-19(25)24(18)13-16)14-23(11-9-21)10-8-15-4-2-1-3-5-15/h1-7,12-13H,8-11,14,21H2. The first-order valence-corrected chi connectivity index (χ1v) is 8.68. The molecule has 0 radical (unpaired) electrons. The van der Waals surface area contributed by atoms with Gasteiger partial charge in [0.15, 0.2) is 0 Å². The smallest absolute Gasteiger partial charge is 0.258 e. The molecule has 0 unspecified atom stereocenters. The molecule has 0 saturated carbocycles. The van der Waals surface area contributed by atoms with Crippen LogP contribution in [0.4, 0.5) is 0 Å². The lowest BCUT2D eigenvalue weighted by atomic mass is 10.1. The molecule has 2 heterocycles. The van der Waals surface area contributed by atoms with E-state index in [-0.39, 0.29) is 5.56 Å². The van der Waals surface area contributed by atoms with Crippen LogP contribution in [0.15, 0.2) is 59.5 Å². The average molecular weight is 357 g/mol. The van der Waals surface area contributed by atoms with Crippen molar-refractivity contribution in [2.24, 2.45) is 5.73 Å². The summed E-state index contributed by atoms with van der Waals surface area (Å²) in [6, 6.07) is 15.4. The second-order valence-corrected chi connectivity index (χ2v) is 6.40. The number of pyridine rings is 1. The summed E-state index contributed by atoms with van der Waals surface area (Å²) in [6.45, 7) is 2.78. The van der Waals surface area contributed by atoms with Gasteiger partial charge in [-0.1, -0.05) is 41.9 Å². The molecule has 0 bridgehead atoms. The molecule has 0 spiro atoms. The Hall–Kier alpha value is -2.21. The third kappa shape index (κ3) is 4.66. The Labute approximate surface area is 151 Å². The van der Waals surface area contributed by atoms with E-state index in [0.29, 0.717) is 23.8 Å². The number of aromatic nitrogens is 2. The predicted octanol–water partition coefficient (Wildman–Crippen LogP) is 2.35. The Morgan fingerprint density at radius 3 is 2.68 bits per heavy atom. The maximum Gasteiger partial charge on any atom is 0.258 e. The predicted molar refractivity (Wildman–Crippen MR) is 101 cm³/mol. The molecular weight excluding hydrogens is 336 g/mol. The van der Waals surface area contributed by atoms with Crippen molar-refractivity contribution in [3.63, 3.8) is 0 Å². The zero-order chi connectivity index (χ0) is 17.6. The Balaban J connectivity index is 1.76. The van der Waals surface area contributed by atoms with Crippen LogP contribution in [0.3, 0.4) is 0 Å². The van der Waals surface area contributed by atoms with E-state index in [2.05, 4.69) is 22.0 Å². The fourth-order valence-electron chi connectivity index (χ4n) is 2.82. The Kier molecular flexibility index (Phi) is 5.81. The van der Waals surface area contributed by atoms with Crippen LogP contribution in [-0.4, -0.2) is 33.9 Å². The van der Waals surface area contributed by atoms with E-state index in [1.165, 1.54) is 9.96 Å². The summed E-state index contributed by atoms with van der Waals surface area (Å²) in [5.74, 6) is 0. The second-order valence-electron chi connectivity index (χ2n) is 5.96. The molecular formula is C19H21ClN4O. The third-order valence-electron chi connectivity index (χ3n) is 4.07. The number of rotatable bonds is 7. The van der Waals surface area contributed by atoms with Gasteiger partial charge in [0.25, 0.3) is 5.56 Å². The highest BCUT2D eigenvalue weighted by Crippen LogP contribution is 2.10. The number of fused-ring (bicyclic) bond motifs is 1. The van der Waals surface area contributed by atoms with Crippen molar-refractivity contribution in [3.8, 4) is 0 Å². The molecule has 0 aliphatic carbocycles. The fourth-order valence-corrected chi connectivity index (χ4v) is 2.98. The highest BCUT2D eigenvalue weighted by molar-refractivity contribution is 6.30. The first kappa shape index (κ1) is 17.6. The Morgan fingerprint density at radius 2 is 1.92 bits per heavy atom. The molecule has 6 heteroatoms. The fraction of sp³-hybridized carbons (Fsp3) is 0.263. The molecule has 0 amide bonds. The van der Waals surface area contributed by atoms with E-state index < -0.39 is 0 Å². The lowest BCUT2D eigenvalue weighted by Crippen LogP contribution is -2.32. The van der Waals surface area contributed by atoms with E-state index in [1.54, 1.807) is 24.4 Å². The number of hydrogen-bond donors (Lipinski definition) is 1. The minimum absolute atomic E-state index is 0.127. The van der Waals surface area contributed by atoms with Crippen molar-refractivity contribution < 1.29 is 0 Å². The lowest BCUT2D eigenvalue weighted by molar-refractivity contribution is 0.273. The number of nitrogens with two attached hydrogens (primary N) is 1. The summed E-state index contributed by atoms with van der Waals surface area (Å²) in [7, 11) is 0. The minimum Gasteiger partial charge on any atom is -0.329 e. The van der Waals surface area contributed by atoms with Crippen molar-refractivity contribution in [3.05, 3.63) is 81.4 Å². The molecule has 1 aromatic carbocycles. The summed E-state index contributed by atoms with van der Waals surface area (Å²) in [4.78, 5) is 19.1. The number of halogens is 1. The summed E-state index contributed by atoms with van der Waals surface area (Å²) in [5, 5.41) is 0.511. The topological polar surface area (TPSA) is 63.6 Å². The van der Waals surface area contributed by atoms with Crippen LogP contribution >= 0.6 is 11.6 Å². The number of hydrogen-bond acceptors (Lipinski definition) is 4. The van der Waals surface area contributed by atoms with Crippen LogP contribution in [-0.2, 0) is 13.0 Å². The van der Waals surface area contributed by atoms with Crippen LogP contribution in [0, 0.1) is 0 Å². The molecule has 2 N–H and O–H groups in total. The second kappa shape index (κ2) is 8.25. The van der Waals surface area contributed by atoms with Gasteiger partial charge in [-0.05, 0) is 24.1 Å². The quantitative estimate of drug-likeness (QED) is 0.705. The zero-order valence-corrected chi connectivity index (χ0v) is 14.7. The van der Waals surface area contributed by atoms with E-state index >= 15 is 0 Å². The first-order chi connectivity index (χ1) is 12.2. The van der Waals surface area contributed by atoms with Crippen molar-refractivity contribution in [1.82, 2.24) is 14.3 Å². The van der Waals surface area contributed by atoms with Gasteiger partial charge in [0.1, 0.15) is 5.65 Å². The van der Waals surface area contributed by atoms with E-state index in [0.717, 1.165) is 25.2 Å². The molecule has 0 aliphatic heterocycles. The lowest BCUT2D eigenvalue weighted by Gasteiger charge is -2.21. The highest BCUT2D eigenvalue weighted by atomic mass is 35.5. The van der Waals surface area contributed by atoms with Crippen molar-refractivity contribution in [2.45, 2.75) is 13.0 Å². The summed E-state index contributed by atoms with van der Waals surface area (Å²) in [5.41, 5.74) is 8.25. The molecule has 0 atom stereocenters. The molecule has 5 nitrogen and oxygen atoms in total. The first-order valence-electron chi connectivity index (χ1n) is 8.30. The average Bonchev–Trinajstić information content (AvgIpc) is 2.61. The Bertz CT molecular complexity index is 895. The van der Waals surface area contributed by atoms with E-state index in [9.17, 15) is 4.79 Å². The van der Waals surface area contributed by atoms with Crippen LogP contribution in [0.1, 0.15) is 11.3 Å². The van der Waals surface area contributed by atoms with Gasteiger partial charge in [0.05, 0.1) is 10.7 Å². The van der Waals surface area contributed by atoms with Gasteiger partial charge in [-0.25, -0.2) is 4.98 Å². The molecule has 3 aromatic rings. The van der Waals surface area contributed by atoms with Crippen LogP contribution in [0.2, 0.25) is 5.02 Å². The maximum atomic E-state index is 12.3. The largest absolute Gasteiger partial charge is 0.329 e. The summed E-state index contributed by atoms with van der Waals surface area (Å²) < 4.78 is 1.46. The van der Waals surface area contributed by atoms with Crippen LogP contribution in [0.25, 0.3) is 5.65 Å². The van der Waals surface area contributed by atoms with Crippen LogP contribution in [0.5, 0.6) is 0 Å². The summed E-state index contributed by atoms with van der Waals surface area (Å²) in [6.07, 6.45) is 2.52. The third-order valence-corrected chi connectivity index (χ3v) is 4.29. The molecule has 0 aliphatic rings. The minimum atomic E-state index is -0.127. The molecule has 25 heavy (non-hydrogen) atoms. The summed E-state index contributed by atoms with van der Waals surface area (Å²) >= 11 is 5.95. The van der Waals surface area contributed by atoms with Crippen molar-refractivity contribution in [1.29, 1.82) is 0 Å². The van der Waals surface area contributed by atoms with Crippen molar-refractivity contribution in [2.75, 3.05) is 19.6 Å². The number of nitrogens with zero attached hydrogens (tertiary/aromatic N) is 3. The molecule has 3 rings (SSSR count). The maximum absolute atomic E-state index is 12.3. The van der Waals surface area contributed by atoms with Crippen molar-refractivity contribution >= 4 is 17.2 Å². The van der Waals surface area contributed by atoms with Gasteiger partial charge < -0.3 is 5.73 Å². The van der Waals surface area contributed by atoms with E-state index in [1.807, 2.05) is 18.2 Å².